The second-order valence-corrected chi connectivity index (χ2v) is 5.57. The third-order valence-electron chi connectivity index (χ3n) is 3.83. The molecule has 7 heteroatoms. The number of benzene rings is 1. The molecule has 1 heterocycles. The highest BCUT2D eigenvalue weighted by atomic mass is 16.5. The number of nitrogens with zero attached hydrogens (tertiary/aromatic N) is 2. The molecule has 7 nitrogen and oxygen atoms in total. The van der Waals surface area contributed by atoms with Gasteiger partial charge in [0.05, 0.1) is 32.6 Å². The molecule has 0 fully saturated rings. The maximum atomic E-state index is 12.5. The molecule has 0 spiro atoms. The van der Waals surface area contributed by atoms with Gasteiger partial charge >= 0.3 is 11.9 Å². The Labute approximate surface area is 152 Å². The Morgan fingerprint density at radius 1 is 1.00 bits per heavy atom. The van der Waals surface area contributed by atoms with E-state index >= 15 is 0 Å². The van der Waals surface area contributed by atoms with E-state index in [1.165, 1.54) is 20.3 Å². The maximum Gasteiger partial charge on any atom is 0.355 e. The van der Waals surface area contributed by atoms with E-state index in [1.54, 1.807) is 30.4 Å². The lowest BCUT2D eigenvalue weighted by atomic mass is 10.1. The lowest BCUT2D eigenvalue weighted by molar-refractivity contribution is -0.139. The second kappa shape index (κ2) is 8.24. The number of methoxy groups -OCH3 is 3. The van der Waals surface area contributed by atoms with Gasteiger partial charge < -0.3 is 24.0 Å². The maximum absolute atomic E-state index is 12.5. The summed E-state index contributed by atoms with van der Waals surface area (Å²) in [6.45, 7) is 0. The van der Waals surface area contributed by atoms with Crippen molar-refractivity contribution >= 4 is 23.3 Å². The van der Waals surface area contributed by atoms with Crippen LogP contribution in [0.3, 0.4) is 0 Å². The Bertz CT molecular complexity index is 793. The number of esters is 2. The fraction of sp³-hybridized carbons (Fsp3) is 0.263. The van der Waals surface area contributed by atoms with Gasteiger partial charge in [-0.2, -0.15) is 0 Å². The fourth-order valence-electron chi connectivity index (χ4n) is 2.49. The first-order valence-electron chi connectivity index (χ1n) is 7.85. The Hall–Kier alpha value is -3.22. The lowest BCUT2D eigenvalue weighted by Gasteiger charge is -2.25. The molecule has 0 saturated heterocycles. The summed E-state index contributed by atoms with van der Waals surface area (Å²) in [5.74, 6) is -0.770. The summed E-state index contributed by atoms with van der Waals surface area (Å²) >= 11 is 0. The first-order chi connectivity index (χ1) is 12.4. The van der Waals surface area contributed by atoms with Crippen LogP contribution in [-0.4, -0.2) is 47.4 Å². The minimum atomic E-state index is -0.666. The van der Waals surface area contributed by atoms with E-state index in [9.17, 15) is 9.59 Å². The van der Waals surface area contributed by atoms with Crippen molar-refractivity contribution in [1.29, 1.82) is 0 Å². The quantitative estimate of drug-likeness (QED) is 0.748. The summed E-state index contributed by atoms with van der Waals surface area (Å²) in [5.41, 5.74) is 1.64. The predicted octanol–water partition coefficient (Wildman–Crippen LogP) is 2.25. The van der Waals surface area contributed by atoms with E-state index in [0.717, 1.165) is 5.69 Å². The van der Waals surface area contributed by atoms with Crippen molar-refractivity contribution in [3.8, 4) is 5.75 Å². The topological polar surface area (TPSA) is 68.3 Å². The van der Waals surface area contributed by atoms with E-state index in [4.69, 9.17) is 14.2 Å². The zero-order valence-electron chi connectivity index (χ0n) is 15.5. The van der Waals surface area contributed by atoms with Gasteiger partial charge in [-0.25, -0.2) is 9.59 Å². The molecule has 0 N–H and O–H groups in total. The molecule has 2 rings (SSSR count). The summed E-state index contributed by atoms with van der Waals surface area (Å²) in [6.07, 6.45) is 6.52. The van der Waals surface area contributed by atoms with E-state index in [0.29, 0.717) is 11.4 Å². The van der Waals surface area contributed by atoms with E-state index in [-0.39, 0.29) is 11.3 Å². The molecule has 1 aromatic carbocycles. The number of carbonyl (C=O) groups excluding carboxylic acids is 2. The first-order valence-corrected chi connectivity index (χ1v) is 7.85. The van der Waals surface area contributed by atoms with Crippen LogP contribution in [0.4, 0.5) is 11.4 Å². The number of anilines is 2. The number of carbonyl (C=O) groups is 2. The number of rotatable bonds is 5. The Morgan fingerprint density at radius 3 is 2.27 bits per heavy atom. The van der Waals surface area contributed by atoms with Gasteiger partial charge in [0, 0.05) is 32.0 Å². The van der Waals surface area contributed by atoms with E-state index < -0.39 is 11.9 Å². The highest BCUT2D eigenvalue weighted by molar-refractivity contribution is 6.05. The third kappa shape index (κ3) is 3.72. The standard InChI is InChI=1S/C19H22N2O5/c1-20(2)13-9-10-15(16(12-13)24-3)21-11-7-6-8-14(18(22)25-4)17(21)19(23)26-5/h6-12H,1-5H3. The summed E-state index contributed by atoms with van der Waals surface area (Å²) in [5, 5.41) is 0. The van der Waals surface area contributed by atoms with Crippen molar-refractivity contribution in [2.24, 2.45) is 0 Å². The van der Waals surface area contributed by atoms with Gasteiger partial charge in [-0.05, 0) is 24.3 Å². The van der Waals surface area contributed by atoms with Crippen LogP contribution in [-0.2, 0) is 19.1 Å². The van der Waals surface area contributed by atoms with Gasteiger partial charge in [-0.1, -0.05) is 6.08 Å². The van der Waals surface area contributed by atoms with Crippen LogP contribution in [0.15, 0.2) is 53.9 Å². The first kappa shape index (κ1) is 19.1. The molecule has 0 atom stereocenters. The average Bonchev–Trinajstić information content (AvgIpc) is 2.88. The van der Waals surface area contributed by atoms with Crippen LogP contribution in [0, 0.1) is 0 Å². The largest absolute Gasteiger partial charge is 0.494 e. The fourth-order valence-corrected chi connectivity index (χ4v) is 2.49. The van der Waals surface area contributed by atoms with Crippen LogP contribution in [0.1, 0.15) is 0 Å². The molecular weight excluding hydrogens is 336 g/mol. The molecule has 0 saturated carbocycles. The van der Waals surface area contributed by atoms with Crippen molar-refractivity contribution < 1.29 is 23.8 Å². The Balaban J connectivity index is 2.69. The molecule has 26 heavy (non-hydrogen) atoms. The summed E-state index contributed by atoms with van der Waals surface area (Å²) in [7, 11) is 7.89. The van der Waals surface area contributed by atoms with E-state index in [1.807, 2.05) is 37.2 Å². The van der Waals surface area contributed by atoms with Crippen LogP contribution in [0.25, 0.3) is 0 Å². The zero-order chi connectivity index (χ0) is 19.3. The SMILES string of the molecule is COC(=O)C1=C(C(=O)OC)N(c2ccc(N(C)C)cc2OC)C=CC=C1. The molecule has 1 aliphatic heterocycles. The normalized spacial score (nSPS) is 13.3. The highest BCUT2D eigenvalue weighted by Gasteiger charge is 2.29. The number of hydrogen-bond acceptors (Lipinski definition) is 7. The van der Waals surface area contributed by atoms with Crippen LogP contribution in [0.2, 0.25) is 0 Å². The Morgan fingerprint density at radius 2 is 1.69 bits per heavy atom. The monoisotopic (exact) mass is 358 g/mol. The van der Waals surface area contributed by atoms with Crippen molar-refractivity contribution in [1.82, 2.24) is 0 Å². The zero-order valence-corrected chi connectivity index (χ0v) is 15.5. The molecule has 1 aromatic rings. The second-order valence-electron chi connectivity index (χ2n) is 5.57. The molecule has 0 bridgehead atoms. The van der Waals surface area contributed by atoms with Crippen LogP contribution < -0.4 is 14.5 Å². The predicted molar refractivity (Wildman–Crippen MR) is 99.1 cm³/mol. The van der Waals surface area contributed by atoms with Gasteiger partial charge in [0.1, 0.15) is 11.4 Å². The van der Waals surface area contributed by atoms with Crippen molar-refractivity contribution in [3.05, 3.63) is 53.9 Å². The molecule has 138 valence electrons. The molecule has 1 aliphatic rings. The van der Waals surface area contributed by atoms with Gasteiger partial charge in [0.15, 0.2) is 0 Å². The summed E-state index contributed by atoms with van der Waals surface area (Å²) in [6, 6.07) is 5.53. The van der Waals surface area contributed by atoms with Crippen molar-refractivity contribution in [3.63, 3.8) is 0 Å². The molecule has 0 aliphatic carbocycles. The molecule has 0 amide bonds. The smallest absolute Gasteiger partial charge is 0.355 e. The molecule has 0 unspecified atom stereocenters. The van der Waals surface area contributed by atoms with Crippen LogP contribution in [0.5, 0.6) is 5.75 Å². The number of hydrogen-bond donors (Lipinski definition) is 0. The highest BCUT2D eigenvalue weighted by Crippen LogP contribution is 2.36. The lowest BCUT2D eigenvalue weighted by Crippen LogP contribution is -2.27. The summed E-state index contributed by atoms with van der Waals surface area (Å²) in [4.78, 5) is 28.1. The molecule has 0 radical (unpaired) electrons. The van der Waals surface area contributed by atoms with Gasteiger partial charge in [0.2, 0.25) is 0 Å². The van der Waals surface area contributed by atoms with Crippen molar-refractivity contribution in [2.45, 2.75) is 0 Å². The summed E-state index contributed by atoms with van der Waals surface area (Å²) < 4.78 is 15.2. The van der Waals surface area contributed by atoms with Crippen LogP contribution >= 0.6 is 0 Å². The van der Waals surface area contributed by atoms with Gasteiger partial charge in [-0.3, -0.25) is 0 Å². The number of ether oxygens (including phenoxy) is 3. The molecule has 0 aromatic heterocycles. The third-order valence-corrected chi connectivity index (χ3v) is 3.83. The van der Waals surface area contributed by atoms with Gasteiger partial charge in [0.25, 0.3) is 0 Å². The van der Waals surface area contributed by atoms with E-state index in [2.05, 4.69) is 0 Å². The minimum Gasteiger partial charge on any atom is -0.494 e. The van der Waals surface area contributed by atoms with Crippen molar-refractivity contribution in [2.75, 3.05) is 45.2 Å². The molecular formula is C19H22N2O5. The number of allylic oxidation sites excluding steroid dienone is 2. The Kier molecular flexibility index (Phi) is 6.06. The minimum absolute atomic E-state index is 0.0419. The average molecular weight is 358 g/mol. The van der Waals surface area contributed by atoms with Gasteiger partial charge in [-0.15, -0.1) is 0 Å².